The van der Waals surface area contributed by atoms with Crippen LogP contribution in [0.2, 0.25) is 0 Å². The van der Waals surface area contributed by atoms with E-state index in [-0.39, 0.29) is 31.3 Å². The number of aliphatic hydroxyl groups excluding tert-OH is 1. The Labute approximate surface area is 231 Å². The predicted molar refractivity (Wildman–Crippen MR) is 150 cm³/mol. The lowest BCUT2D eigenvalue weighted by molar-refractivity contribution is -0.133. The second-order valence-corrected chi connectivity index (χ2v) is 8.23. The first-order valence-corrected chi connectivity index (χ1v) is 11.7. The zero-order valence-corrected chi connectivity index (χ0v) is 20.8. The van der Waals surface area contributed by atoms with E-state index >= 15 is 0 Å². The maximum atomic E-state index is 13.2. The summed E-state index contributed by atoms with van der Waals surface area (Å²) in [5.41, 5.74) is 4.02. The van der Waals surface area contributed by atoms with Gasteiger partial charge in [0.15, 0.2) is 0 Å². The number of anilines is 2. The average Bonchev–Trinajstić information content (AvgIpc) is 2.93. The van der Waals surface area contributed by atoms with Crippen LogP contribution < -0.4 is 21.4 Å². The summed E-state index contributed by atoms with van der Waals surface area (Å²) in [6.45, 7) is 1.29. The van der Waals surface area contributed by atoms with Gasteiger partial charge < -0.3 is 21.1 Å². The molecule has 0 unspecified atom stereocenters. The molecule has 0 radical (unpaired) electrons. The van der Waals surface area contributed by atoms with Crippen LogP contribution in [0.1, 0.15) is 35.8 Å². The van der Waals surface area contributed by atoms with Crippen LogP contribution in [-0.2, 0) is 9.59 Å². The minimum atomic E-state index is -1.31. The van der Waals surface area contributed by atoms with Crippen LogP contribution in [0.3, 0.4) is 0 Å². The highest BCUT2D eigenvalue weighted by Gasteiger charge is 2.25. The number of carbonyl (C=O) groups excluding carboxylic acids is 3. The molecule has 3 amide bonds. The van der Waals surface area contributed by atoms with E-state index in [1.165, 1.54) is 36.7 Å². The van der Waals surface area contributed by atoms with E-state index in [0.29, 0.717) is 22.5 Å². The van der Waals surface area contributed by atoms with Gasteiger partial charge in [0.25, 0.3) is 11.8 Å². The molecule has 0 aliphatic carbocycles. The second kappa shape index (κ2) is 15.3. The molecule has 2 atom stereocenters. The van der Waals surface area contributed by atoms with Gasteiger partial charge in [-0.1, -0.05) is 25.3 Å². The van der Waals surface area contributed by atoms with Crippen molar-refractivity contribution in [3.63, 3.8) is 0 Å². The van der Waals surface area contributed by atoms with E-state index < -0.39 is 24.0 Å². The summed E-state index contributed by atoms with van der Waals surface area (Å²) < 4.78 is 13.2. The van der Waals surface area contributed by atoms with Crippen molar-refractivity contribution in [2.45, 2.75) is 26.5 Å². The molecule has 40 heavy (non-hydrogen) atoms. The molecule has 0 bridgehead atoms. The summed E-state index contributed by atoms with van der Waals surface area (Å²) in [5, 5.41) is 26.3. The van der Waals surface area contributed by atoms with Crippen LogP contribution >= 0.6 is 0 Å². The zero-order valence-electron chi connectivity index (χ0n) is 20.8. The molecule has 0 saturated heterocycles. The first-order chi connectivity index (χ1) is 18.7. The fourth-order valence-electron chi connectivity index (χ4n) is 3.23. The molecule has 3 rings (SSSR count). The van der Waals surface area contributed by atoms with Gasteiger partial charge in [0.1, 0.15) is 11.9 Å². The molecule has 0 aliphatic rings. The number of hydrogen-bond donors (Lipinski definition) is 6. The standard InChI is InChI=1S/C29H25FN4O5.CH4/c1-19(35)27(29(38)34-39)33-28(37)22-13-9-20(10-14-22)5-2-3-6-21-11-15-24(16-12-21)32-26(36)18-31-25-8-4-7-23(30)17-25;/h4,7-17,19,27,31,35,39H,18H2,1H3,(H,32,36)(H,33,37)(H,34,38);1H4/t19-,27+;/m1./s1. The van der Waals surface area contributed by atoms with Gasteiger partial charge in [-0.2, -0.15) is 0 Å². The smallest absolute Gasteiger partial charge is 0.268 e. The Morgan fingerprint density at radius 3 is 2.05 bits per heavy atom. The Hall–Kier alpha value is -5.16. The lowest BCUT2D eigenvalue weighted by atomic mass is 10.1. The number of hydroxylamine groups is 1. The predicted octanol–water partition coefficient (Wildman–Crippen LogP) is 2.90. The highest BCUT2D eigenvalue weighted by Crippen LogP contribution is 2.11. The second-order valence-electron chi connectivity index (χ2n) is 8.23. The Kier molecular flexibility index (Phi) is 11.9. The SMILES string of the molecule is C.C[C@@H](O)[C@H](NC(=O)c1ccc(C#CC#Cc2ccc(NC(=O)CNc3cccc(F)c3)cc2)cc1)C(=O)NO. The van der Waals surface area contributed by atoms with Crippen LogP contribution in [0.5, 0.6) is 0 Å². The topological polar surface area (TPSA) is 140 Å². The molecule has 0 spiro atoms. The molecule has 0 fully saturated rings. The van der Waals surface area contributed by atoms with E-state index in [0.717, 1.165) is 0 Å². The average molecular weight is 545 g/mol. The number of nitrogens with one attached hydrogen (secondary N) is 4. The maximum absolute atomic E-state index is 13.2. The summed E-state index contributed by atoms with van der Waals surface area (Å²) in [6.07, 6.45) is -1.21. The fourth-order valence-corrected chi connectivity index (χ4v) is 3.23. The monoisotopic (exact) mass is 544 g/mol. The van der Waals surface area contributed by atoms with Crippen molar-refractivity contribution in [1.29, 1.82) is 0 Å². The van der Waals surface area contributed by atoms with Gasteiger partial charge in [0, 0.05) is 28.1 Å². The highest BCUT2D eigenvalue weighted by atomic mass is 19.1. The van der Waals surface area contributed by atoms with Crippen molar-refractivity contribution in [2.24, 2.45) is 0 Å². The Bertz CT molecular complexity index is 1450. The molecule has 0 saturated carbocycles. The van der Waals surface area contributed by atoms with Gasteiger partial charge in [-0.15, -0.1) is 0 Å². The number of benzene rings is 3. The number of rotatable bonds is 8. The van der Waals surface area contributed by atoms with Gasteiger partial charge in [0.2, 0.25) is 5.91 Å². The Balaban J connectivity index is 0.00000560. The summed E-state index contributed by atoms with van der Waals surface area (Å²) >= 11 is 0. The molecule has 3 aromatic carbocycles. The van der Waals surface area contributed by atoms with E-state index in [1.54, 1.807) is 48.5 Å². The molecule has 3 aromatic rings. The molecule has 0 aliphatic heterocycles. The third kappa shape index (κ3) is 9.62. The normalized spacial score (nSPS) is 11.1. The first kappa shape index (κ1) is 31.1. The van der Waals surface area contributed by atoms with Crippen molar-refractivity contribution in [3.8, 4) is 23.7 Å². The minimum absolute atomic E-state index is 0. The number of carbonyl (C=O) groups is 3. The van der Waals surface area contributed by atoms with Crippen LogP contribution in [0.4, 0.5) is 15.8 Å². The van der Waals surface area contributed by atoms with Gasteiger partial charge in [-0.05, 0) is 85.5 Å². The summed E-state index contributed by atoms with van der Waals surface area (Å²) in [6, 6.07) is 17.6. The van der Waals surface area contributed by atoms with Crippen LogP contribution in [0.15, 0.2) is 72.8 Å². The molecular weight excluding hydrogens is 515 g/mol. The third-order valence-electron chi connectivity index (χ3n) is 5.23. The van der Waals surface area contributed by atoms with E-state index in [9.17, 15) is 23.9 Å². The van der Waals surface area contributed by atoms with Gasteiger partial charge in [-0.25, -0.2) is 9.87 Å². The molecule has 0 aromatic heterocycles. The molecule has 9 nitrogen and oxygen atoms in total. The Morgan fingerprint density at radius 1 is 0.900 bits per heavy atom. The Morgan fingerprint density at radius 2 is 1.50 bits per heavy atom. The molecule has 0 heterocycles. The van der Waals surface area contributed by atoms with Gasteiger partial charge in [-0.3, -0.25) is 19.6 Å². The van der Waals surface area contributed by atoms with Crippen LogP contribution in [-0.4, -0.2) is 46.7 Å². The van der Waals surface area contributed by atoms with E-state index in [4.69, 9.17) is 5.21 Å². The van der Waals surface area contributed by atoms with Crippen LogP contribution in [0.25, 0.3) is 0 Å². The van der Waals surface area contributed by atoms with Crippen molar-refractivity contribution < 1.29 is 29.1 Å². The molecule has 6 N–H and O–H groups in total. The third-order valence-corrected chi connectivity index (χ3v) is 5.23. The van der Waals surface area contributed by atoms with Gasteiger partial charge >= 0.3 is 0 Å². The molecule has 10 heteroatoms. The summed E-state index contributed by atoms with van der Waals surface area (Å²) in [7, 11) is 0. The summed E-state index contributed by atoms with van der Waals surface area (Å²) in [5.74, 6) is 8.99. The fraction of sp³-hybridized carbons (Fsp3) is 0.167. The largest absolute Gasteiger partial charge is 0.391 e. The molecular formula is C30H29FN4O5. The van der Waals surface area contributed by atoms with Crippen LogP contribution in [0, 0.1) is 29.5 Å². The lowest BCUT2D eigenvalue weighted by Gasteiger charge is -2.19. The minimum Gasteiger partial charge on any atom is -0.391 e. The van der Waals surface area contributed by atoms with Gasteiger partial charge in [0.05, 0.1) is 12.6 Å². The molecule has 206 valence electrons. The maximum Gasteiger partial charge on any atom is 0.268 e. The number of amides is 3. The van der Waals surface area contributed by atoms with Crippen molar-refractivity contribution in [2.75, 3.05) is 17.2 Å². The highest BCUT2D eigenvalue weighted by molar-refractivity contribution is 5.97. The number of aliphatic hydroxyl groups is 1. The van der Waals surface area contributed by atoms with Crippen molar-refractivity contribution in [3.05, 3.63) is 95.3 Å². The van der Waals surface area contributed by atoms with Crippen molar-refractivity contribution >= 4 is 29.1 Å². The number of hydrogen-bond acceptors (Lipinski definition) is 6. The quantitative estimate of drug-likeness (QED) is 0.146. The first-order valence-electron chi connectivity index (χ1n) is 11.7. The lowest BCUT2D eigenvalue weighted by Crippen LogP contribution is -2.51. The van der Waals surface area contributed by atoms with Crippen molar-refractivity contribution in [1.82, 2.24) is 10.8 Å². The summed E-state index contributed by atoms with van der Waals surface area (Å²) in [4.78, 5) is 36.0. The van der Waals surface area contributed by atoms with E-state index in [1.807, 2.05) is 0 Å². The number of halogens is 1. The van der Waals surface area contributed by atoms with E-state index in [2.05, 4.69) is 39.6 Å². The zero-order chi connectivity index (χ0) is 28.2.